The van der Waals surface area contributed by atoms with Gasteiger partial charge in [-0.25, -0.2) is 13.1 Å². The molecule has 0 spiro atoms. The SMILES string of the molecule is CC1CCC(NS(C)(=O)=O)CC1. The van der Waals surface area contributed by atoms with Gasteiger partial charge in [-0.3, -0.25) is 0 Å². The van der Waals surface area contributed by atoms with Gasteiger partial charge in [0.05, 0.1) is 6.26 Å². The van der Waals surface area contributed by atoms with Crippen LogP contribution in [0.15, 0.2) is 0 Å². The van der Waals surface area contributed by atoms with Crippen molar-refractivity contribution in [3.63, 3.8) is 0 Å². The molecule has 4 heteroatoms. The van der Waals surface area contributed by atoms with Crippen molar-refractivity contribution in [1.29, 1.82) is 0 Å². The zero-order valence-corrected chi connectivity index (χ0v) is 8.52. The topological polar surface area (TPSA) is 46.2 Å². The predicted octanol–water partition coefficient (Wildman–Crippen LogP) is 1.11. The molecular formula is C8H17NO2S. The maximum atomic E-state index is 10.9. The molecule has 0 aromatic rings. The van der Waals surface area contributed by atoms with Crippen LogP contribution in [0.25, 0.3) is 0 Å². The first-order valence-corrected chi connectivity index (χ1v) is 6.34. The van der Waals surface area contributed by atoms with Gasteiger partial charge >= 0.3 is 0 Å². The number of nitrogens with one attached hydrogen (secondary N) is 1. The van der Waals surface area contributed by atoms with Crippen LogP contribution in [0.5, 0.6) is 0 Å². The molecule has 0 saturated heterocycles. The number of hydrogen-bond donors (Lipinski definition) is 1. The van der Waals surface area contributed by atoms with E-state index in [1.807, 2.05) is 0 Å². The van der Waals surface area contributed by atoms with E-state index in [0.717, 1.165) is 31.6 Å². The van der Waals surface area contributed by atoms with E-state index in [1.165, 1.54) is 6.26 Å². The van der Waals surface area contributed by atoms with E-state index in [4.69, 9.17) is 0 Å². The number of sulfonamides is 1. The van der Waals surface area contributed by atoms with Gasteiger partial charge in [-0.2, -0.15) is 0 Å². The molecule has 1 rings (SSSR count). The summed E-state index contributed by atoms with van der Waals surface area (Å²) in [6, 6.07) is 0.191. The van der Waals surface area contributed by atoms with Crippen molar-refractivity contribution in [2.75, 3.05) is 6.26 Å². The van der Waals surface area contributed by atoms with Gasteiger partial charge < -0.3 is 0 Å². The van der Waals surface area contributed by atoms with Crippen LogP contribution >= 0.6 is 0 Å². The van der Waals surface area contributed by atoms with E-state index >= 15 is 0 Å². The Morgan fingerprint density at radius 3 is 2.08 bits per heavy atom. The Hall–Kier alpha value is -0.0900. The third-order valence-corrected chi connectivity index (χ3v) is 3.16. The second kappa shape index (κ2) is 3.75. The molecule has 0 aliphatic heterocycles. The summed E-state index contributed by atoms with van der Waals surface area (Å²) in [6.45, 7) is 2.22. The van der Waals surface area contributed by atoms with Crippen molar-refractivity contribution >= 4 is 10.0 Å². The summed E-state index contributed by atoms with van der Waals surface area (Å²) >= 11 is 0. The van der Waals surface area contributed by atoms with E-state index in [9.17, 15) is 8.42 Å². The fourth-order valence-corrected chi connectivity index (χ4v) is 2.52. The first kappa shape index (κ1) is 9.99. The molecule has 1 saturated carbocycles. The molecule has 72 valence electrons. The van der Waals surface area contributed by atoms with E-state index in [1.54, 1.807) is 0 Å². The molecule has 0 heterocycles. The van der Waals surface area contributed by atoms with Gasteiger partial charge in [0.2, 0.25) is 10.0 Å². The minimum Gasteiger partial charge on any atom is -0.213 e. The first-order chi connectivity index (χ1) is 5.47. The van der Waals surface area contributed by atoms with Gasteiger partial charge in [-0.1, -0.05) is 6.92 Å². The van der Waals surface area contributed by atoms with Crippen LogP contribution in [0.2, 0.25) is 0 Å². The molecule has 0 bridgehead atoms. The van der Waals surface area contributed by atoms with Gasteiger partial charge in [0, 0.05) is 6.04 Å². The summed E-state index contributed by atoms with van der Waals surface area (Å²) in [5.41, 5.74) is 0. The second-order valence-electron chi connectivity index (χ2n) is 3.85. The third-order valence-electron chi connectivity index (χ3n) is 2.40. The highest BCUT2D eigenvalue weighted by atomic mass is 32.2. The van der Waals surface area contributed by atoms with Crippen molar-refractivity contribution < 1.29 is 8.42 Å². The minimum atomic E-state index is -2.99. The molecule has 3 nitrogen and oxygen atoms in total. The summed E-state index contributed by atoms with van der Waals surface area (Å²) in [5, 5.41) is 0. The zero-order valence-electron chi connectivity index (χ0n) is 7.71. The number of hydrogen-bond acceptors (Lipinski definition) is 2. The smallest absolute Gasteiger partial charge is 0.208 e. The summed E-state index contributed by atoms with van der Waals surface area (Å²) in [6.07, 6.45) is 5.51. The van der Waals surface area contributed by atoms with Gasteiger partial charge in [-0.05, 0) is 31.6 Å². The fraction of sp³-hybridized carbons (Fsp3) is 1.00. The predicted molar refractivity (Wildman–Crippen MR) is 49.4 cm³/mol. The molecule has 1 aliphatic carbocycles. The van der Waals surface area contributed by atoms with Crippen LogP contribution < -0.4 is 4.72 Å². The Labute approximate surface area is 74.6 Å². The number of rotatable bonds is 2. The molecule has 1 fully saturated rings. The maximum Gasteiger partial charge on any atom is 0.208 e. The fourth-order valence-electron chi connectivity index (χ4n) is 1.68. The summed E-state index contributed by atoms with van der Waals surface area (Å²) in [5.74, 6) is 0.766. The van der Waals surface area contributed by atoms with E-state index in [0.29, 0.717) is 0 Å². The van der Waals surface area contributed by atoms with Crippen LogP contribution in [0.3, 0.4) is 0 Å². The van der Waals surface area contributed by atoms with Gasteiger partial charge in [0.15, 0.2) is 0 Å². The molecule has 12 heavy (non-hydrogen) atoms. The average molecular weight is 191 g/mol. The molecule has 1 N–H and O–H groups in total. The Morgan fingerprint density at radius 1 is 1.17 bits per heavy atom. The molecular weight excluding hydrogens is 174 g/mol. The molecule has 0 aromatic heterocycles. The lowest BCUT2D eigenvalue weighted by Gasteiger charge is -2.25. The standard InChI is InChI=1S/C8H17NO2S/c1-7-3-5-8(6-4-7)9-12(2,10)11/h7-9H,3-6H2,1-2H3. The lowest BCUT2D eigenvalue weighted by atomic mass is 9.88. The van der Waals surface area contributed by atoms with Crippen molar-refractivity contribution in [1.82, 2.24) is 4.72 Å². The normalized spacial score (nSPS) is 31.8. The molecule has 0 amide bonds. The Morgan fingerprint density at radius 2 is 1.67 bits per heavy atom. The highest BCUT2D eigenvalue weighted by molar-refractivity contribution is 7.88. The molecule has 0 unspecified atom stereocenters. The van der Waals surface area contributed by atoms with Crippen LogP contribution in [0.4, 0.5) is 0 Å². The molecule has 0 radical (unpaired) electrons. The molecule has 1 aliphatic rings. The summed E-state index contributed by atoms with van der Waals surface area (Å²) in [4.78, 5) is 0. The van der Waals surface area contributed by atoms with E-state index in [2.05, 4.69) is 11.6 Å². The van der Waals surface area contributed by atoms with Gasteiger partial charge in [0.25, 0.3) is 0 Å². The van der Waals surface area contributed by atoms with Crippen molar-refractivity contribution in [3.8, 4) is 0 Å². The van der Waals surface area contributed by atoms with Crippen LogP contribution in [0.1, 0.15) is 32.6 Å². The monoisotopic (exact) mass is 191 g/mol. The van der Waals surface area contributed by atoms with Crippen molar-refractivity contribution in [2.45, 2.75) is 38.6 Å². The third kappa shape index (κ3) is 3.54. The van der Waals surface area contributed by atoms with E-state index in [-0.39, 0.29) is 6.04 Å². The quantitative estimate of drug-likeness (QED) is 0.711. The zero-order chi connectivity index (χ0) is 9.19. The van der Waals surface area contributed by atoms with Crippen LogP contribution in [-0.2, 0) is 10.0 Å². The molecule has 0 atom stereocenters. The Bertz CT molecular complexity index is 227. The van der Waals surface area contributed by atoms with Crippen molar-refractivity contribution in [3.05, 3.63) is 0 Å². The highest BCUT2D eigenvalue weighted by Crippen LogP contribution is 2.23. The van der Waals surface area contributed by atoms with Gasteiger partial charge in [-0.15, -0.1) is 0 Å². The lowest BCUT2D eigenvalue weighted by molar-refractivity contribution is 0.332. The minimum absolute atomic E-state index is 0.191. The first-order valence-electron chi connectivity index (χ1n) is 4.44. The second-order valence-corrected chi connectivity index (χ2v) is 5.63. The summed E-state index contributed by atoms with van der Waals surface area (Å²) in [7, 11) is -2.99. The van der Waals surface area contributed by atoms with Crippen molar-refractivity contribution in [2.24, 2.45) is 5.92 Å². The average Bonchev–Trinajstić information content (AvgIpc) is 1.91. The van der Waals surface area contributed by atoms with Crippen LogP contribution in [-0.4, -0.2) is 20.7 Å². The highest BCUT2D eigenvalue weighted by Gasteiger charge is 2.20. The lowest BCUT2D eigenvalue weighted by Crippen LogP contribution is -2.36. The van der Waals surface area contributed by atoms with Gasteiger partial charge in [0.1, 0.15) is 0 Å². The summed E-state index contributed by atoms with van der Waals surface area (Å²) < 4.78 is 24.4. The Kier molecular flexibility index (Phi) is 3.12. The van der Waals surface area contributed by atoms with Crippen LogP contribution in [0, 0.1) is 5.92 Å². The maximum absolute atomic E-state index is 10.9. The largest absolute Gasteiger partial charge is 0.213 e. The Balaban J connectivity index is 2.36. The molecule has 0 aromatic carbocycles. The van der Waals surface area contributed by atoms with E-state index < -0.39 is 10.0 Å².